The predicted molar refractivity (Wildman–Crippen MR) is 93.6 cm³/mol. The molecule has 0 atom stereocenters. The van der Waals surface area contributed by atoms with E-state index in [0.717, 1.165) is 5.82 Å². The molecule has 126 valence electrons. The van der Waals surface area contributed by atoms with Gasteiger partial charge in [0, 0.05) is 12.2 Å². The summed E-state index contributed by atoms with van der Waals surface area (Å²) < 4.78 is 4.81. The zero-order chi connectivity index (χ0) is 16.8. The van der Waals surface area contributed by atoms with Gasteiger partial charge in [0.25, 0.3) is 0 Å². The summed E-state index contributed by atoms with van der Waals surface area (Å²) in [4.78, 5) is 20.6. The fourth-order valence-electron chi connectivity index (χ4n) is 2.96. The molecule has 6 heteroatoms. The Hall–Kier alpha value is -2.63. The molecule has 0 unspecified atom stereocenters. The topological polar surface area (TPSA) is 76.1 Å². The molecule has 1 aromatic heterocycles. The maximum absolute atomic E-state index is 11.8. The van der Waals surface area contributed by atoms with Crippen molar-refractivity contribution in [2.75, 3.05) is 17.7 Å². The molecule has 0 radical (unpaired) electrons. The number of carbonyl (C=O) groups is 1. The molecule has 1 aliphatic rings. The zero-order valence-corrected chi connectivity index (χ0v) is 13.8. The third-order valence-corrected chi connectivity index (χ3v) is 4.19. The van der Waals surface area contributed by atoms with E-state index >= 15 is 0 Å². The quantitative estimate of drug-likeness (QED) is 0.815. The maximum Gasteiger partial charge on any atom is 0.339 e. The molecular weight excluding hydrogens is 304 g/mol. The van der Waals surface area contributed by atoms with Gasteiger partial charge >= 0.3 is 5.97 Å². The molecule has 1 aromatic carbocycles. The van der Waals surface area contributed by atoms with Crippen molar-refractivity contribution in [1.82, 2.24) is 9.97 Å². The minimum Gasteiger partial charge on any atom is -0.465 e. The third kappa shape index (κ3) is 4.01. The molecular formula is C18H22N4O2. The molecule has 0 spiro atoms. The molecule has 0 bridgehead atoms. The van der Waals surface area contributed by atoms with Crippen LogP contribution in [0.1, 0.15) is 42.5 Å². The van der Waals surface area contributed by atoms with E-state index in [1.165, 1.54) is 39.2 Å². The average Bonchev–Trinajstić information content (AvgIpc) is 2.63. The SMILES string of the molecule is COC(=O)c1ccccc1Nc1nccc(NC2CCCCC2)n1. The van der Waals surface area contributed by atoms with Gasteiger partial charge in [-0.05, 0) is 31.0 Å². The van der Waals surface area contributed by atoms with E-state index in [2.05, 4.69) is 20.6 Å². The first-order valence-electron chi connectivity index (χ1n) is 8.30. The lowest BCUT2D eigenvalue weighted by atomic mass is 9.95. The summed E-state index contributed by atoms with van der Waals surface area (Å²) in [5.74, 6) is 0.858. The van der Waals surface area contributed by atoms with Crippen molar-refractivity contribution >= 4 is 23.4 Å². The lowest BCUT2D eigenvalue weighted by Crippen LogP contribution is -2.23. The van der Waals surface area contributed by atoms with Crippen LogP contribution < -0.4 is 10.6 Å². The molecule has 0 aliphatic heterocycles. The summed E-state index contributed by atoms with van der Waals surface area (Å²) in [5.41, 5.74) is 1.08. The van der Waals surface area contributed by atoms with E-state index in [0.29, 0.717) is 23.2 Å². The molecule has 1 aliphatic carbocycles. The molecule has 0 saturated heterocycles. The van der Waals surface area contributed by atoms with Crippen LogP contribution in [0.5, 0.6) is 0 Å². The van der Waals surface area contributed by atoms with Crippen molar-refractivity contribution in [3.05, 3.63) is 42.1 Å². The molecule has 6 nitrogen and oxygen atoms in total. The number of para-hydroxylation sites is 1. The normalized spacial score (nSPS) is 14.9. The Morgan fingerprint density at radius 1 is 1.17 bits per heavy atom. The Kier molecular flexibility index (Phi) is 5.25. The number of nitrogens with one attached hydrogen (secondary N) is 2. The van der Waals surface area contributed by atoms with Gasteiger partial charge in [0.05, 0.1) is 18.4 Å². The van der Waals surface area contributed by atoms with Crippen LogP contribution in [0.3, 0.4) is 0 Å². The number of aromatic nitrogens is 2. The van der Waals surface area contributed by atoms with Crippen LogP contribution in [0.2, 0.25) is 0 Å². The highest BCUT2D eigenvalue weighted by molar-refractivity contribution is 5.96. The van der Waals surface area contributed by atoms with Crippen molar-refractivity contribution in [2.45, 2.75) is 38.1 Å². The highest BCUT2D eigenvalue weighted by atomic mass is 16.5. The second-order valence-electron chi connectivity index (χ2n) is 5.91. The van der Waals surface area contributed by atoms with Gasteiger partial charge in [-0.1, -0.05) is 31.4 Å². The minimum absolute atomic E-state index is 0.394. The second kappa shape index (κ2) is 7.77. The van der Waals surface area contributed by atoms with Gasteiger partial charge in [-0.25, -0.2) is 9.78 Å². The highest BCUT2D eigenvalue weighted by Gasteiger charge is 2.15. The van der Waals surface area contributed by atoms with Crippen LogP contribution in [0, 0.1) is 0 Å². The summed E-state index contributed by atoms with van der Waals surface area (Å²) in [6.45, 7) is 0. The first-order valence-corrected chi connectivity index (χ1v) is 8.30. The fourth-order valence-corrected chi connectivity index (χ4v) is 2.96. The number of hydrogen-bond donors (Lipinski definition) is 2. The fraction of sp³-hybridized carbons (Fsp3) is 0.389. The Morgan fingerprint density at radius 3 is 2.75 bits per heavy atom. The van der Waals surface area contributed by atoms with Crippen molar-refractivity contribution in [2.24, 2.45) is 0 Å². The Balaban J connectivity index is 1.74. The van der Waals surface area contributed by atoms with Gasteiger partial charge in [-0.2, -0.15) is 4.98 Å². The van der Waals surface area contributed by atoms with Gasteiger partial charge in [0.1, 0.15) is 5.82 Å². The van der Waals surface area contributed by atoms with Gasteiger partial charge in [0.15, 0.2) is 0 Å². The minimum atomic E-state index is -0.394. The summed E-state index contributed by atoms with van der Waals surface area (Å²) in [6, 6.07) is 9.49. The summed E-state index contributed by atoms with van der Waals surface area (Å²) in [5, 5.41) is 6.58. The van der Waals surface area contributed by atoms with Crippen LogP contribution >= 0.6 is 0 Å². The van der Waals surface area contributed by atoms with Crippen LogP contribution in [0.4, 0.5) is 17.5 Å². The van der Waals surface area contributed by atoms with Gasteiger partial charge in [-0.15, -0.1) is 0 Å². The first kappa shape index (κ1) is 16.2. The van der Waals surface area contributed by atoms with E-state index in [-0.39, 0.29) is 0 Å². The molecule has 0 amide bonds. The van der Waals surface area contributed by atoms with Crippen LogP contribution in [0.15, 0.2) is 36.5 Å². The highest BCUT2D eigenvalue weighted by Crippen LogP contribution is 2.23. The van der Waals surface area contributed by atoms with Crippen LogP contribution in [-0.2, 0) is 4.74 Å². The number of benzene rings is 1. The molecule has 24 heavy (non-hydrogen) atoms. The number of ether oxygens (including phenoxy) is 1. The Morgan fingerprint density at radius 2 is 1.96 bits per heavy atom. The van der Waals surface area contributed by atoms with Crippen molar-refractivity contribution < 1.29 is 9.53 Å². The van der Waals surface area contributed by atoms with Crippen LogP contribution in [-0.4, -0.2) is 29.1 Å². The molecule has 3 rings (SSSR count). The lowest BCUT2D eigenvalue weighted by Gasteiger charge is -2.23. The molecule has 1 heterocycles. The molecule has 1 saturated carbocycles. The standard InChI is InChI=1S/C18H22N4O2/c1-24-17(23)14-9-5-6-10-15(14)21-18-19-12-11-16(22-18)20-13-7-3-2-4-8-13/h5-6,9-13H,2-4,7-8H2,1H3,(H2,19,20,21,22). The number of nitrogens with zero attached hydrogens (tertiary/aromatic N) is 2. The largest absolute Gasteiger partial charge is 0.465 e. The van der Waals surface area contributed by atoms with E-state index in [1.54, 1.807) is 24.4 Å². The maximum atomic E-state index is 11.8. The first-order chi connectivity index (χ1) is 11.8. The average molecular weight is 326 g/mol. The molecule has 1 fully saturated rings. The number of rotatable bonds is 5. The Bertz CT molecular complexity index is 699. The molecule has 2 N–H and O–H groups in total. The van der Waals surface area contributed by atoms with Gasteiger partial charge < -0.3 is 15.4 Å². The van der Waals surface area contributed by atoms with Crippen molar-refractivity contribution in [1.29, 1.82) is 0 Å². The number of anilines is 3. The van der Waals surface area contributed by atoms with E-state index in [9.17, 15) is 4.79 Å². The monoisotopic (exact) mass is 326 g/mol. The number of esters is 1. The van der Waals surface area contributed by atoms with E-state index < -0.39 is 5.97 Å². The summed E-state index contributed by atoms with van der Waals surface area (Å²) >= 11 is 0. The van der Waals surface area contributed by atoms with E-state index in [1.807, 2.05) is 12.1 Å². The van der Waals surface area contributed by atoms with Crippen molar-refractivity contribution in [3.63, 3.8) is 0 Å². The molecule has 2 aromatic rings. The predicted octanol–water partition coefficient (Wildman–Crippen LogP) is 3.75. The second-order valence-corrected chi connectivity index (χ2v) is 5.91. The summed E-state index contributed by atoms with van der Waals surface area (Å²) in [6.07, 6.45) is 7.91. The smallest absolute Gasteiger partial charge is 0.339 e. The van der Waals surface area contributed by atoms with E-state index in [4.69, 9.17) is 4.74 Å². The van der Waals surface area contributed by atoms with Gasteiger partial charge in [-0.3, -0.25) is 0 Å². The zero-order valence-electron chi connectivity index (χ0n) is 13.8. The number of methoxy groups -OCH3 is 1. The number of hydrogen-bond acceptors (Lipinski definition) is 6. The summed E-state index contributed by atoms with van der Waals surface area (Å²) in [7, 11) is 1.37. The Labute approximate surface area is 141 Å². The van der Waals surface area contributed by atoms with Crippen molar-refractivity contribution in [3.8, 4) is 0 Å². The number of carbonyl (C=O) groups excluding carboxylic acids is 1. The van der Waals surface area contributed by atoms with Crippen LogP contribution in [0.25, 0.3) is 0 Å². The third-order valence-electron chi connectivity index (χ3n) is 4.19. The van der Waals surface area contributed by atoms with Gasteiger partial charge in [0.2, 0.25) is 5.95 Å². The lowest BCUT2D eigenvalue weighted by molar-refractivity contribution is 0.0602.